The summed E-state index contributed by atoms with van der Waals surface area (Å²) in [5.74, 6) is -2.58. The van der Waals surface area contributed by atoms with Gasteiger partial charge in [0.25, 0.3) is 0 Å². The molecule has 0 atom stereocenters. The van der Waals surface area contributed by atoms with Gasteiger partial charge in [-0.15, -0.1) is 0 Å². The zero-order valence-electron chi connectivity index (χ0n) is 6.64. The van der Waals surface area contributed by atoms with Crippen molar-refractivity contribution in [2.45, 2.75) is 6.92 Å². The lowest BCUT2D eigenvalue weighted by Gasteiger charge is -2.06. The van der Waals surface area contributed by atoms with Crippen LogP contribution in [0.15, 0.2) is 10.5 Å². The van der Waals surface area contributed by atoms with E-state index in [2.05, 4.69) is 15.9 Å². The summed E-state index contributed by atoms with van der Waals surface area (Å²) in [6.45, 7) is 1.17. The number of carbonyl (C=O) groups excluding carboxylic acids is 1. The monoisotopic (exact) mass is 248 g/mol. The molecule has 0 aliphatic rings. The number of rotatable bonds is 1. The van der Waals surface area contributed by atoms with Crippen molar-refractivity contribution in [2.24, 2.45) is 0 Å². The smallest absolute Gasteiger partial charge is 0.169 e. The number of benzene rings is 1. The summed E-state index contributed by atoms with van der Waals surface area (Å²) in [5.41, 5.74) is -0.252. The highest BCUT2D eigenvalue weighted by molar-refractivity contribution is 9.10. The molecule has 2 N–H and O–H groups in total. The van der Waals surface area contributed by atoms with Gasteiger partial charge in [0.15, 0.2) is 17.3 Å². The molecule has 3 nitrogen and oxygen atoms in total. The van der Waals surface area contributed by atoms with E-state index < -0.39 is 23.1 Å². The number of ketones is 1. The third-order valence-electron chi connectivity index (χ3n) is 1.52. The normalized spacial score (nSPS) is 10.1. The van der Waals surface area contributed by atoms with Crippen molar-refractivity contribution in [1.82, 2.24) is 0 Å². The molecular formula is C8H6BrFO3. The van der Waals surface area contributed by atoms with E-state index in [1.165, 1.54) is 6.92 Å². The van der Waals surface area contributed by atoms with Crippen LogP contribution in [0.1, 0.15) is 17.3 Å². The van der Waals surface area contributed by atoms with Crippen LogP contribution in [0.3, 0.4) is 0 Å². The zero-order chi connectivity index (χ0) is 10.2. The zero-order valence-corrected chi connectivity index (χ0v) is 8.22. The summed E-state index contributed by atoms with van der Waals surface area (Å²) in [4.78, 5) is 10.9. The lowest BCUT2D eigenvalue weighted by atomic mass is 10.1. The lowest BCUT2D eigenvalue weighted by Crippen LogP contribution is -1.97. The Morgan fingerprint density at radius 1 is 1.54 bits per heavy atom. The molecule has 1 aromatic carbocycles. The lowest BCUT2D eigenvalue weighted by molar-refractivity contribution is 0.101. The number of phenolic OH excluding ortho intramolecular Hbond substituents is 2. The summed E-state index contributed by atoms with van der Waals surface area (Å²) in [5, 5.41) is 18.2. The Kier molecular flexibility index (Phi) is 2.56. The van der Waals surface area contributed by atoms with E-state index in [0.717, 1.165) is 6.07 Å². The summed E-state index contributed by atoms with van der Waals surface area (Å²) in [7, 11) is 0. The van der Waals surface area contributed by atoms with Crippen LogP contribution in [0.2, 0.25) is 0 Å². The van der Waals surface area contributed by atoms with E-state index in [9.17, 15) is 14.3 Å². The molecule has 0 unspecified atom stereocenters. The minimum atomic E-state index is -0.791. The van der Waals surface area contributed by atoms with Gasteiger partial charge in [-0.1, -0.05) is 0 Å². The quantitative estimate of drug-likeness (QED) is 0.592. The van der Waals surface area contributed by atoms with Crippen LogP contribution < -0.4 is 0 Å². The first-order valence-corrected chi connectivity index (χ1v) is 4.15. The van der Waals surface area contributed by atoms with Gasteiger partial charge in [-0.25, -0.2) is 4.39 Å². The molecule has 0 aliphatic carbocycles. The van der Waals surface area contributed by atoms with Crippen LogP contribution in [0.5, 0.6) is 11.5 Å². The van der Waals surface area contributed by atoms with Gasteiger partial charge in [0.1, 0.15) is 5.82 Å². The largest absolute Gasteiger partial charge is 0.504 e. The first-order chi connectivity index (χ1) is 5.95. The molecule has 13 heavy (non-hydrogen) atoms. The number of phenols is 2. The Balaban J connectivity index is 3.56. The number of aromatic hydroxyl groups is 2. The van der Waals surface area contributed by atoms with Crippen molar-refractivity contribution in [1.29, 1.82) is 0 Å². The minimum absolute atomic E-state index is 0.143. The predicted molar refractivity (Wildman–Crippen MR) is 47.4 cm³/mol. The number of carbonyl (C=O) groups is 1. The molecule has 0 fully saturated rings. The second-order valence-electron chi connectivity index (χ2n) is 2.47. The van der Waals surface area contributed by atoms with Crippen molar-refractivity contribution in [2.75, 3.05) is 0 Å². The Morgan fingerprint density at radius 2 is 2.08 bits per heavy atom. The van der Waals surface area contributed by atoms with Crippen LogP contribution in [0, 0.1) is 5.82 Å². The van der Waals surface area contributed by atoms with Gasteiger partial charge in [-0.3, -0.25) is 4.79 Å². The van der Waals surface area contributed by atoms with Gasteiger partial charge in [-0.2, -0.15) is 0 Å². The molecule has 0 aromatic heterocycles. The van der Waals surface area contributed by atoms with Gasteiger partial charge in [0.2, 0.25) is 0 Å². The Bertz CT molecular complexity index is 350. The molecule has 70 valence electrons. The standard InChI is InChI=1S/C8H6BrFO3/c1-3(11)6-7(9)4(10)2-5(12)8(6)13/h2,12-13H,1H3. The Labute approximate surface area is 81.9 Å². The van der Waals surface area contributed by atoms with Gasteiger partial charge in [-0.05, 0) is 22.9 Å². The van der Waals surface area contributed by atoms with Crippen LogP contribution in [-0.2, 0) is 0 Å². The molecule has 0 radical (unpaired) electrons. The fourth-order valence-electron chi connectivity index (χ4n) is 0.924. The number of Topliss-reactive ketones (excluding diaryl/α,β-unsaturated/α-hetero) is 1. The second-order valence-corrected chi connectivity index (χ2v) is 3.26. The highest BCUT2D eigenvalue weighted by Gasteiger charge is 2.18. The maximum Gasteiger partial charge on any atom is 0.169 e. The van der Waals surface area contributed by atoms with E-state index in [-0.39, 0.29) is 10.0 Å². The van der Waals surface area contributed by atoms with Crippen molar-refractivity contribution in [3.8, 4) is 11.5 Å². The molecule has 5 heteroatoms. The van der Waals surface area contributed by atoms with Crippen molar-refractivity contribution < 1.29 is 19.4 Å². The molecule has 1 rings (SSSR count). The van der Waals surface area contributed by atoms with E-state index in [1.54, 1.807) is 0 Å². The first kappa shape index (κ1) is 9.98. The third kappa shape index (κ3) is 1.65. The molecule has 0 spiro atoms. The van der Waals surface area contributed by atoms with E-state index in [0.29, 0.717) is 0 Å². The molecule has 0 amide bonds. The molecule has 0 saturated carbocycles. The van der Waals surface area contributed by atoms with Crippen molar-refractivity contribution >= 4 is 21.7 Å². The van der Waals surface area contributed by atoms with Crippen LogP contribution in [0.4, 0.5) is 4.39 Å². The number of halogens is 2. The maximum absolute atomic E-state index is 12.9. The van der Waals surface area contributed by atoms with Gasteiger partial charge >= 0.3 is 0 Å². The minimum Gasteiger partial charge on any atom is -0.504 e. The van der Waals surface area contributed by atoms with E-state index in [4.69, 9.17) is 5.11 Å². The maximum atomic E-state index is 12.9. The molecule has 0 aliphatic heterocycles. The highest BCUT2D eigenvalue weighted by Crippen LogP contribution is 2.36. The van der Waals surface area contributed by atoms with Crippen LogP contribution >= 0.6 is 15.9 Å². The van der Waals surface area contributed by atoms with Crippen molar-refractivity contribution in [3.05, 3.63) is 21.9 Å². The van der Waals surface area contributed by atoms with Gasteiger partial charge in [0, 0.05) is 6.07 Å². The molecule has 0 bridgehead atoms. The third-order valence-corrected chi connectivity index (χ3v) is 2.30. The van der Waals surface area contributed by atoms with Crippen LogP contribution in [0.25, 0.3) is 0 Å². The van der Waals surface area contributed by atoms with Gasteiger partial charge < -0.3 is 10.2 Å². The second kappa shape index (κ2) is 3.33. The Morgan fingerprint density at radius 3 is 2.54 bits per heavy atom. The average molecular weight is 249 g/mol. The Hall–Kier alpha value is -1.10. The molecule has 0 heterocycles. The fourth-order valence-corrected chi connectivity index (χ4v) is 1.51. The molecule has 0 saturated heterocycles. The fraction of sp³-hybridized carbons (Fsp3) is 0.125. The molecular weight excluding hydrogens is 243 g/mol. The topological polar surface area (TPSA) is 57.5 Å². The van der Waals surface area contributed by atoms with Crippen LogP contribution in [-0.4, -0.2) is 16.0 Å². The van der Waals surface area contributed by atoms with Crippen molar-refractivity contribution in [3.63, 3.8) is 0 Å². The summed E-state index contributed by atoms with van der Waals surface area (Å²) >= 11 is 2.80. The summed E-state index contributed by atoms with van der Waals surface area (Å²) in [6, 6.07) is 0.728. The van der Waals surface area contributed by atoms with E-state index >= 15 is 0 Å². The van der Waals surface area contributed by atoms with Gasteiger partial charge in [0.05, 0.1) is 10.0 Å². The number of hydrogen-bond donors (Lipinski definition) is 2. The first-order valence-electron chi connectivity index (χ1n) is 3.36. The highest BCUT2D eigenvalue weighted by atomic mass is 79.9. The summed E-state index contributed by atoms with van der Waals surface area (Å²) < 4.78 is 12.8. The SMILES string of the molecule is CC(=O)c1c(O)c(O)cc(F)c1Br. The number of hydrogen-bond acceptors (Lipinski definition) is 3. The molecule has 1 aromatic rings. The summed E-state index contributed by atoms with van der Waals surface area (Å²) in [6.07, 6.45) is 0. The van der Waals surface area contributed by atoms with E-state index in [1.807, 2.05) is 0 Å². The average Bonchev–Trinajstić information content (AvgIpc) is 2.01. The predicted octanol–water partition coefficient (Wildman–Crippen LogP) is 2.20.